The van der Waals surface area contributed by atoms with E-state index in [0.29, 0.717) is 26.3 Å². The molecule has 25 heavy (non-hydrogen) atoms. The summed E-state index contributed by atoms with van der Waals surface area (Å²) in [7, 11) is -3.62. The third-order valence-corrected chi connectivity index (χ3v) is 5.57. The number of nitrogens with zero attached hydrogens (tertiary/aromatic N) is 1. The van der Waals surface area contributed by atoms with E-state index < -0.39 is 10.0 Å². The third-order valence-electron chi connectivity index (χ3n) is 3.38. The maximum atomic E-state index is 12.6. The molecular weight excluding hydrogens is 368 g/mol. The van der Waals surface area contributed by atoms with Crippen LogP contribution in [0.4, 0.5) is 0 Å². The highest BCUT2D eigenvalue weighted by atomic mass is 35.5. The van der Waals surface area contributed by atoms with Crippen molar-refractivity contribution in [3.05, 3.63) is 23.2 Å². The molecule has 1 aliphatic rings. The summed E-state index contributed by atoms with van der Waals surface area (Å²) in [4.78, 5) is 11.9. The van der Waals surface area contributed by atoms with Crippen LogP contribution in [0.3, 0.4) is 0 Å². The molecular formula is C16H23ClN2O5S. The highest BCUT2D eigenvalue weighted by Crippen LogP contribution is 2.29. The van der Waals surface area contributed by atoms with E-state index in [9.17, 15) is 13.2 Å². The summed E-state index contributed by atoms with van der Waals surface area (Å²) in [6.45, 7) is 6.76. The summed E-state index contributed by atoms with van der Waals surface area (Å²) in [5, 5.41) is 2.90. The molecule has 0 aromatic heterocycles. The zero-order valence-corrected chi connectivity index (χ0v) is 16.1. The molecule has 1 amide bonds. The lowest BCUT2D eigenvalue weighted by atomic mass is 10.1. The van der Waals surface area contributed by atoms with Crippen molar-refractivity contribution in [2.45, 2.75) is 31.2 Å². The van der Waals surface area contributed by atoms with E-state index in [-0.39, 0.29) is 33.7 Å². The summed E-state index contributed by atoms with van der Waals surface area (Å²) >= 11 is 6.13. The lowest BCUT2D eigenvalue weighted by molar-refractivity contribution is -0.124. The minimum Gasteiger partial charge on any atom is -0.482 e. The van der Waals surface area contributed by atoms with Crippen LogP contribution >= 0.6 is 11.6 Å². The van der Waals surface area contributed by atoms with Gasteiger partial charge < -0.3 is 14.8 Å². The first-order valence-corrected chi connectivity index (χ1v) is 9.73. The number of morpholine rings is 1. The molecule has 0 radical (unpaired) electrons. The molecule has 1 aliphatic heterocycles. The highest BCUT2D eigenvalue weighted by Gasteiger charge is 2.27. The number of halogens is 1. The molecule has 1 aromatic rings. The molecule has 0 spiro atoms. The maximum Gasteiger partial charge on any atom is 0.258 e. The maximum absolute atomic E-state index is 12.6. The van der Waals surface area contributed by atoms with Crippen molar-refractivity contribution in [2.24, 2.45) is 0 Å². The number of sulfonamides is 1. The lowest BCUT2D eigenvalue weighted by Gasteiger charge is -2.26. The number of rotatable bonds is 5. The predicted octanol–water partition coefficient (Wildman–Crippen LogP) is 1.65. The number of carbonyl (C=O) groups is 1. The van der Waals surface area contributed by atoms with Crippen LogP contribution in [0.5, 0.6) is 5.75 Å². The number of ether oxygens (including phenoxy) is 2. The molecule has 0 unspecified atom stereocenters. The largest absolute Gasteiger partial charge is 0.482 e. The van der Waals surface area contributed by atoms with E-state index in [4.69, 9.17) is 21.1 Å². The molecule has 2 rings (SSSR count). The molecule has 1 aromatic carbocycles. The van der Waals surface area contributed by atoms with Crippen molar-refractivity contribution in [3.8, 4) is 5.75 Å². The molecule has 1 heterocycles. The summed E-state index contributed by atoms with van der Waals surface area (Å²) in [5.41, 5.74) is -0.361. The fourth-order valence-electron chi connectivity index (χ4n) is 2.29. The van der Waals surface area contributed by atoms with Crippen molar-refractivity contribution < 1.29 is 22.7 Å². The molecule has 0 saturated carbocycles. The zero-order chi connectivity index (χ0) is 18.7. The number of carbonyl (C=O) groups excluding carboxylic acids is 1. The summed E-state index contributed by atoms with van der Waals surface area (Å²) in [6.07, 6.45) is 0. The van der Waals surface area contributed by atoms with E-state index in [1.54, 1.807) is 0 Å². The second kappa shape index (κ2) is 7.90. The van der Waals surface area contributed by atoms with Gasteiger partial charge in [0.1, 0.15) is 5.75 Å². The molecule has 1 fully saturated rings. The molecule has 1 saturated heterocycles. The standard InChI is InChI=1S/C16H23ClN2O5S/c1-16(2,3)18-15(20)11-24-14-5-4-12(10-13(14)17)25(21,22)19-6-8-23-9-7-19/h4-5,10H,6-9,11H2,1-3H3,(H,18,20). The van der Waals surface area contributed by atoms with Gasteiger partial charge in [0.05, 0.1) is 23.1 Å². The molecule has 0 aliphatic carbocycles. The summed E-state index contributed by atoms with van der Waals surface area (Å²) < 4.78 is 37.1. The van der Waals surface area contributed by atoms with Gasteiger partial charge in [-0.2, -0.15) is 4.31 Å². The fourth-order valence-corrected chi connectivity index (χ4v) is 4.03. The Hall–Kier alpha value is -1.35. The number of amides is 1. The Labute approximate surface area is 153 Å². The van der Waals surface area contributed by atoms with Gasteiger partial charge in [-0.3, -0.25) is 4.79 Å². The average molecular weight is 391 g/mol. The van der Waals surface area contributed by atoms with Crippen LogP contribution in [-0.4, -0.2) is 57.1 Å². The second-order valence-electron chi connectivity index (χ2n) is 6.70. The van der Waals surface area contributed by atoms with Crippen molar-refractivity contribution in [2.75, 3.05) is 32.9 Å². The predicted molar refractivity (Wildman–Crippen MR) is 94.4 cm³/mol. The van der Waals surface area contributed by atoms with E-state index in [0.717, 1.165) is 0 Å². The summed E-state index contributed by atoms with van der Waals surface area (Å²) in [5.74, 6) is -0.0276. The number of nitrogens with one attached hydrogen (secondary N) is 1. The van der Waals surface area contributed by atoms with Gasteiger partial charge in [0, 0.05) is 18.6 Å². The molecule has 0 bridgehead atoms. The van der Waals surface area contributed by atoms with E-state index in [2.05, 4.69) is 5.32 Å². The minimum absolute atomic E-state index is 0.0888. The molecule has 0 atom stereocenters. The number of hydrogen-bond acceptors (Lipinski definition) is 5. The van der Waals surface area contributed by atoms with Gasteiger partial charge in [0.15, 0.2) is 6.61 Å². The Balaban J connectivity index is 2.06. The van der Waals surface area contributed by atoms with Gasteiger partial charge in [-0.1, -0.05) is 11.6 Å². The Morgan fingerprint density at radius 3 is 2.52 bits per heavy atom. The SMILES string of the molecule is CC(C)(C)NC(=O)COc1ccc(S(=O)(=O)N2CCOCC2)cc1Cl. The van der Waals surface area contributed by atoms with Crippen LogP contribution in [0.1, 0.15) is 20.8 Å². The Morgan fingerprint density at radius 2 is 1.96 bits per heavy atom. The van der Waals surface area contributed by atoms with Crippen LogP contribution < -0.4 is 10.1 Å². The van der Waals surface area contributed by atoms with E-state index in [1.807, 2.05) is 20.8 Å². The minimum atomic E-state index is -3.62. The smallest absolute Gasteiger partial charge is 0.258 e. The normalized spacial score (nSPS) is 16.5. The molecule has 7 nitrogen and oxygen atoms in total. The first kappa shape index (κ1) is 20.0. The van der Waals surface area contributed by atoms with Crippen molar-refractivity contribution in [1.29, 1.82) is 0 Å². The topological polar surface area (TPSA) is 84.9 Å². The van der Waals surface area contributed by atoms with Crippen molar-refractivity contribution in [3.63, 3.8) is 0 Å². The Morgan fingerprint density at radius 1 is 1.32 bits per heavy atom. The van der Waals surface area contributed by atoms with Gasteiger partial charge >= 0.3 is 0 Å². The van der Waals surface area contributed by atoms with Gasteiger partial charge in [-0.05, 0) is 39.0 Å². The zero-order valence-electron chi connectivity index (χ0n) is 14.5. The Bertz CT molecular complexity index is 725. The van der Waals surface area contributed by atoms with Crippen LogP contribution in [0.25, 0.3) is 0 Å². The Kier molecular flexibility index (Phi) is 6.31. The number of hydrogen-bond donors (Lipinski definition) is 1. The third kappa shape index (κ3) is 5.57. The molecule has 140 valence electrons. The molecule has 1 N–H and O–H groups in total. The van der Waals surface area contributed by atoms with Crippen LogP contribution in [0.2, 0.25) is 5.02 Å². The first-order chi connectivity index (χ1) is 11.6. The quantitative estimate of drug-likeness (QED) is 0.826. The first-order valence-electron chi connectivity index (χ1n) is 7.91. The van der Waals surface area contributed by atoms with Gasteiger partial charge in [0.2, 0.25) is 10.0 Å². The summed E-state index contributed by atoms with van der Waals surface area (Å²) in [6, 6.07) is 4.22. The second-order valence-corrected chi connectivity index (χ2v) is 9.04. The average Bonchev–Trinajstić information content (AvgIpc) is 2.53. The van der Waals surface area contributed by atoms with Crippen molar-refractivity contribution in [1.82, 2.24) is 9.62 Å². The van der Waals surface area contributed by atoms with Gasteiger partial charge in [-0.25, -0.2) is 8.42 Å². The van der Waals surface area contributed by atoms with Crippen LogP contribution in [0, 0.1) is 0 Å². The fraction of sp³-hybridized carbons (Fsp3) is 0.562. The molecule has 9 heteroatoms. The number of benzene rings is 1. The highest BCUT2D eigenvalue weighted by molar-refractivity contribution is 7.89. The van der Waals surface area contributed by atoms with E-state index >= 15 is 0 Å². The van der Waals surface area contributed by atoms with Crippen LogP contribution in [0.15, 0.2) is 23.1 Å². The van der Waals surface area contributed by atoms with Gasteiger partial charge in [-0.15, -0.1) is 0 Å². The van der Waals surface area contributed by atoms with E-state index in [1.165, 1.54) is 22.5 Å². The monoisotopic (exact) mass is 390 g/mol. The van der Waals surface area contributed by atoms with Gasteiger partial charge in [0.25, 0.3) is 5.91 Å². The van der Waals surface area contributed by atoms with Crippen LogP contribution in [-0.2, 0) is 19.6 Å². The van der Waals surface area contributed by atoms with Crippen molar-refractivity contribution >= 4 is 27.5 Å². The lowest BCUT2D eigenvalue weighted by Crippen LogP contribution is -2.43.